The third-order valence-corrected chi connectivity index (χ3v) is 5.02. The number of hydrogen-bond acceptors (Lipinski definition) is 4. The Kier molecular flexibility index (Phi) is 3.43. The lowest BCUT2D eigenvalue weighted by atomic mass is 9.91. The first-order chi connectivity index (χ1) is 9.99. The highest BCUT2D eigenvalue weighted by Gasteiger charge is 2.40. The SMILES string of the molecule is O=C(c1cc2ccccc2s1)N1CCC(O)(C(=O)O)CC1. The van der Waals surface area contributed by atoms with Crippen molar-refractivity contribution in [3.63, 3.8) is 0 Å². The number of benzene rings is 1. The fraction of sp³-hybridized carbons (Fsp3) is 0.333. The van der Waals surface area contributed by atoms with E-state index in [9.17, 15) is 14.7 Å². The molecule has 1 amide bonds. The third kappa shape index (κ3) is 2.52. The zero-order valence-corrected chi connectivity index (χ0v) is 12.1. The number of hydrogen-bond donors (Lipinski definition) is 2. The van der Waals surface area contributed by atoms with Crippen LogP contribution in [0.5, 0.6) is 0 Å². The fourth-order valence-electron chi connectivity index (χ4n) is 2.54. The molecule has 2 N–H and O–H groups in total. The molecule has 0 aliphatic carbocycles. The number of aliphatic hydroxyl groups is 1. The number of fused-ring (bicyclic) bond motifs is 1. The molecule has 2 aromatic rings. The number of amides is 1. The van der Waals surface area contributed by atoms with Crippen LogP contribution in [0.15, 0.2) is 30.3 Å². The van der Waals surface area contributed by atoms with Crippen molar-refractivity contribution in [1.29, 1.82) is 0 Å². The van der Waals surface area contributed by atoms with Crippen molar-refractivity contribution in [3.8, 4) is 0 Å². The van der Waals surface area contributed by atoms with Gasteiger partial charge in [-0.15, -0.1) is 11.3 Å². The van der Waals surface area contributed by atoms with Crippen LogP contribution in [0, 0.1) is 0 Å². The number of carbonyl (C=O) groups is 2. The van der Waals surface area contributed by atoms with Gasteiger partial charge in [-0.3, -0.25) is 4.79 Å². The van der Waals surface area contributed by atoms with Gasteiger partial charge in [0, 0.05) is 30.6 Å². The maximum Gasteiger partial charge on any atom is 0.335 e. The first-order valence-electron chi connectivity index (χ1n) is 6.73. The molecule has 21 heavy (non-hydrogen) atoms. The van der Waals surface area contributed by atoms with E-state index in [4.69, 9.17) is 5.11 Å². The number of carboxylic acids is 1. The highest BCUT2D eigenvalue weighted by Crippen LogP contribution is 2.28. The standard InChI is InChI=1S/C15H15NO4S/c17-13(12-9-10-3-1-2-4-11(10)21-12)16-7-5-15(20,6-8-16)14(18)19/h1-4,9,20H,5-8H2,(H,18,19). The van der Waals surface area contributed by atoms with E-state index in [1.807, 2.05) is 30.3 Å². The van der Waals surface area contributed by atoms with Gasteiger partial charge in [0.25, 0.3) is 5.91 Å². The summed E-state index contributed by atoms with van der Waals surface area (Å²) in [6.45, 7) is 0.520. The Morgan fingerprint density at radius 3 is 2.48 bits per heavy atom. The van der Waals surface area contributed by atoms with Gasteiger partial charge in [-0.2, -0.15) is 0 Å². The first kappa shape index (κ1) is 14.0. The Bertz CT molecular complexity index is 668. The summed E-state index contributed by atoms with van der Waals surface area (Å²) in [5, 5.41) is 19.9. The molecule has 1 aliphatic rings. The smallest absolute Gasteiger partial charge is 0.335 e. The first-order valence-corrected chi connectivity index (χ1v) is 7.55. The highest BCUT2D eigenvalue weighted by atomic mass is 32.1. The molecule has 5 nitrogen and oxygen atoms in total. The molecule has 0 saturated carbocycles. The second-order valence-corrected chi connectivity index (χ2v) is 6.36. The zero-order valence-electron chi connectivity index (χ0n) is 11.3. The lowest BCUT2D eigenvalue weighted by molar-refractivity contribution is -0.162. The molecular weight excluding hydrogens is 290 g/mol. The second kappa shape index (κ2) is 5.13. The summed E-state index contributed by atoms with van der Waals surface area (Å²) in [7, 11) is 0. The van der Waals surface area contributed by atoms with Gasteiger partial charge in [-0.25, -0.2) is 4.79 Å². The predicted molar refractivity (Wildman–Crippen MR) is 79.5 cm³/mol. The van der Waals surface area contributed by atoms with Crippen LogP contribution in [-0.2, 0) is 4.79 Å². The largest absolute Gasteiger partial charge is 0.479 e. The van der Waals surface area contributed by atoms with Gasteiger partial charge in [0.15, 0.2) is 5.60 Å². The van der Waals surface area contributed by atoms with Gasteiger partial charge in [0.05, 0.1) is 4.88 Å². The van der Waals surface area contributed by atoms with E-state index >= 15 is 0 Å². The average Bonchev–Trinajstić information content (AvgIpc) is 2.91. The molecule has 1 saturated heterocycles. The molecule has 1 aliphatic heterocycles. The Morgan fingerprint density at radius 2 is 1.86 bits per heavy atom. The maximum atomic E-state index is 12.5. The Labute approximate surface area is 125 Å². The van der Waals surface area contributed by atoms with Crippen LogP contribution in [0.2, 0.25) is 0 Å². The minimum Gasteiger partial charge on any atom is -0.479 e. The number of thiophene rings is 1. The molecule has 1 aromatic carbocycles. The van der Waals surface area contributed by atoms with Gasteiger partial charge in [-0.1, -0.05) is 18.2 Å². The molecule has 0 radical (unpaired) electrons. The third-order valence-electron chi connectivity index (χ3n) is 3.91. The Hall–Kier alpha value is -1.92. The lowest BCUT2D eigenvalue weighted by Gasteiger charge is -2.35. The molecule has 1 aromatic heterocycles. The van der Waals surface area contributed by atoms with Crippen LogP contribution in [0.25, 0.3) is 10.1 Å². The number of aliphatic carboxylic acids is 1. The van der Waals surface area contributed by atoms with Gasteiger partial charge >= 0.3 is 5.97 Å². The fourth-order valence-corrected chi connectivity index (χ4v) is 3.57. The highest BCUT2D eigenvalue weighted by molar-refractivity contribution is 7.20. The van der Waals surface area contributed by atoms with Crippen LogP contribution < -0.4 is 0 Å². The van der Waals surface area contributed by atoms with Crippen LogP contribution in [0.3, 0.4) is 0 Å². The summed E-state index contributed by atoms with van der Waals surface area (Å²) >= 11 is 1.44. The summed E-state index contributed by atoms with van der Waals surface area (Å²) in [5.74, 6) is -1.31. The van der Waals surface area contributed by atoms with Gasteiger partial charge < -0.3 is 15.1 Å². The second-order valence-electron chi connectivity index (χ2n) is 5.28. The van der Waals surface area contributed by atoms with E-state index in [-0.39, 0.29) is 31.8 Å². The van der Waals surface area contributed by atoms with Crippen molar-refractivity contribution in [2.24, 2.45) is 0 Å². The number of piperidine rings is 1. The molecule has 0 unspecified atom stereocenters. The molecule has 0 spiro atoms. The normalized spacial score (nSPS) is 17.9. The molecule has 0 atom stereocenters. The Balaban J connectivity index is 1.76. The van der Waals surface area contributed by atoms with E-state index in [0.29, 0.717) is 4.88 Å². The summed E-state index contributed by atoms with van der Waals surface area (Å²) in [6.07, 6.45) is 0.137. The molecule has 2 heterocycles. The van der Waals surface area contributed by atoms with E-state index in [1.54, 1.807) is 4.90 Å². The summed E-state index contributed by atoms with van der Waals surface area (Å²) < 4.78 is 1.06. The zero-order chi connectivity index (χ0) is 15.0. The summed E-state index contributed by atoms with van der Waals surface area (Å²) in [4.78, 5) is 25.7. The van der Waals surface area contributed by atoms with Crippen molar-refractivity contribution in [2.75, 3.05) is 13.1 Å². The predicted octanol–water partition coefficient (Wildman–Crippen LogP) is 1.95. The topological polar surface area (TPSA) is 77.8 Å². The molecule has 0 bridgehead atoms. The van der Waals surface area contributed by atoms with Crippen molar-refractivity contribution >= 4 is 33.3 Å². The van der Waals surface area contributed by atoms with Crippen LogP contribution in [0.1, 0.15) is 22.5 Å². The summed E-state index contributed by atoms with van der Waals surface area (Å²) in [5.41, 5.74) is -1.70. The molecule has 110 valence electrons. The number of likely N-dealkylation sites (tertiary alicyclic amines) is 1. The monoisotopic (exact) mass is 305 g/mol. The van der Waals surface area contributed by atoms with Gasteiger partial charge in [-0.05, 0) is 17.5 Å². The van der Waals surface area contributed by atoms with Gasteiger partial charge in [0.2, 0.25) is 0 Å². The van der Waals surface area contributed by atoms with Crippen molar-refractivity contribution in [2.45, 2.75) is 18.4 Å². The Morgan fingerprint density at radius 1 is 1.19 bits per heavy atom. The number of carbonyl (C=O) groups excluding carboxylic acids is 1. The molecule has 3 rings (SSSR count). The number of nitrogens with zero attached hydrogens (tertiary/aromatic N) is 1. The molecule has 1 fully saturated rings. The van der Waals surface area contributed by atoms with E-state index in [0.717, 1.165) is 10.1 Å². The molecule has 6 heteroatoms. The number of carboxylic acid groups (broad SMARTS) is 1. The minimum absolute atomic E-state index is 0.0684. The van der Waals surface area contributed by atoms with Crippen LogP contribution in [-0.4, -0.2) is 45.7 Å². The van der Waals surface area contributed by atoms with E-state index in [1.165, 1.54) is 11.3 Å². The van der Waals surface area contributed by atoms with E-state index < -0.39 is 11.6 Å². The quantitative estimate of drug-likeness (QED) is 0.889. The van der Waals surface area contributed by atoms with E-state index in [2.05, 4.69) is 0 Å². The van der Waals surface area contributed by atoms with Gasteiger partial charge in [0.1, 0.15) is 0 Å². The minimum atomic E-state index is -1.70. The average molecular weight is 305 g/mol. The van der Waals surface area contributed by atoms with Crippen LogP contribution >= 0.6 is 11.3 Å². The van der Waals surface area contributed by atoms with Crippen molar-refractivity contribution in [3.05, 3.63) is 35.2 Å². The van der Waals surface area contributed by atoms with Crippen LogP contribution in [0.4, 0.5) is 0 Å². The van der Waals surface area contributed by atoms with Crippen molar-refractivity contribution < 1.29 is 19.8 Å². The maximum absolute atomic E-state index is 12.5. The summed E-state index contributed by atoms with van der Waals surface area (Å²) in [6, 6.07) is 9.65. The lowest BCUT2D eigenvalue weighted by Crippen LogP contribution is -2.50. The molecular formula is C15H15NO4S. The van der Waals surface area contributed by atoms with Crippen molar-refractivity contribution in [1.82, 2.24) is 4.90 Å². The number of rotatable bonds is 2.